The van der Waals surface area contributed by atoms with Gasteiger partial charge in [0, 0.05) is 0 Å². The molecule has 1 rings (SSSR count). The van der Waals surface area contributed by atoms with Gasteiger partial charge in [0.2, 0.25) is 0 Å². The summed E-state index contributed by atoms with van der Waals surface area (Å²) in [6, 6.07) is 0. The fourth-order valence-electron chi connectivity index (χ4n) is 1.95. The van der Waals surface area contributed by atoms with E-state index >= 15 is 0 Å². The van der Waals surface area contributed by atoms with Crippen LogP contribution in [0, 0.1) is 0 Å². The largest absolute Gasteiger partial charge is 1.00 e. The van der Waals surface area contributed by atoms with Crippen molar-refractivity contribution in [3.05, 3.63) is 30.4 Å². The highest BCUT2D eigenvalue weighted by Crippen LogP contribution is 2.05. The lowest BCUT2D eigenvalue weighted by molar-refractivity contribution is -0.679. The Morgan fingerprint density at radius 2 is 2.22 bits per heavy atom. The van der Waals surface area contributed by atoms with Crippen molar-refractivity contribution in [2.75, 3.05) is 0 Å². The number of imidazole rings is 1. The number of hydrogen-bond donors (Lipinski definition) is 1. The summed E-state index contributed by atoms with van der Waals surface area (Å²) in [5.41, 5.74) is 0.904. The van der Waals surface area contributed by atoms with E-state index < -0.39 is 0 Å². The number of allylic oxidation sites excluding steroid dienone is 1. The summed E-state index contributed by atoms with van der Waals surface area (Å²) in [5.74, 6) is 1.19. The van der Waals surface area contributed by atoms with E-state index in [1.165, 1.54) is 31.3 Å². The molecule has 1 aromatic rings. The van der Waals surface area contributed by atoms with Crippen molar-refractivity contribution in [3.8, 4) is 0 Å². The first-order valence-corrected chi connectivity index (χ1v) is 6.11. The third-order valence-electron chi connectivity index (χ3n) is 2.91. The van der Waals surface area contributed by atoms with Gasteiger partial charge in [0.15, 0.2) is 5.69 Å². The second-order valence-electron chi connectivity index (χ2n) is 4.17. The summed E-state index contributed by atoms with van der Waals surface area (Å²) in [5, 5.41) is 11.7. The van der Waals surface area contributed by atoms with Gasteiger partial charge in [0.05, 0.1) is 20.0 Å². The van der Waals surface area contributed by atoms with Crippen LogP contribution in [0.4, 0.5) is 0 Å². The molecule has 0 saturated heterocycles. The van der Waals surface area contributed by atoms with Gasteiger partial charge >= 0.3 is 0 Å². The summed E-state index contributed by atoms with van der Waals surface area (Å²) < 4.78 is 4.25. The number of aryl methyl sites for hydroxylation is 1. The van der Waals surface area contributed by atoms with Crippen molar-refractivity contribution in [1.82, 2.24) is 4.57 Å². The zero-order valence-electron chi connectivity index (χ0n) is 11.1. The summed E-state index contributed by atoms with van der Waals surface area (Å²) >= 11 is 0. The van der Waals surface area contributed by atoms with Crippen molar-refractivity contribution < 1.29 is 33.8 Å². The SMILES string of the molecule is C=CCc1n(CCCCC)cc(C=NO)[n+]1C.[I-]. The number of rotatable bonds is 7. The summed E-state index contributed by atoms with van der Waals surface area (Å²) in [6.07, 6.45) is 9.82. The van der Waals surface area contributed by atoms with E-state index in [4.69, 9.17) is 5.21 Å². The predicted molar refractivity (Wildman–Crippen MR) is 68.4 cm³/mol. The molecular weight excluding hydrogens is 341 g/mol. The maximum Gasteiger partial charge on any atom is 0.260 e. The van der Waals surface area contributed by atoms with Gasteiger partial charge in [-0.3, -0.25) is 0 Å². The molecule has 0 aromatic carbocycles. The first kappa shape index (κ1) is 17.2. The molecule has 0 radical (unpaired) electrons. The molecule has 0 aliphatic carbocycles. The predicted octanol–water partition coefficient (Wildman–Crippen LogP) is -0.957. The Kier molecular flexibility index (Phi) is 8.70. The van der Waals surface area contributed by atoms with E-state index in [1.54, 1.807) is 0 Å². The number of halogens is 1. The molecule has 0 atom stereocenters. The fraction of sp³-hybridized carbons (Fsp3) is 0.538. The van der Waals surface area contributed by atoms with Crippen LogP contribution < -0.4 is 28.5 Å². The van der Waals surface area contributed by atoms with Gasteiger partial charge in [-0.25, -0.2) is 9.13 Å². The molecule has 0 amide bonds. The average molecular weight is 363 g/mol. The van der Waals surface area contributed by atoms with E-state index in [9.17, 15) is 0 Å². The third-order valence-corrected chi connectivity index (χ3v) is 2.91. The molecule has 1 heterocycles. The van der Waals surface area contributed by atoms with Crippen molar-refractivity contribution in [3.63, 3.8) is 0 Å². The normalized spacial score (nSPS) is 10.6. The molecule has 1 N–H and O–H groups in total. The standard InChI is InChI=1S/C13H21N3O.HI/c1-4-6-7-9-16-11-12(10-14-17)15(3)13(16)8-5-2;/h5,10-11H,2,4,6-9H2,1,3H3;1H. The number of unbranched alkanes of at least 4 members (excludes halogenated alkanes) is 2. The lowest BCUT2D eigenvalue weighted by atomic mass is 10.2. The number of nitrogens with zero attached hydrogens (tertiary/aromatic N) is 3. The molecule has 0 bridgehead atoms. The van der Waals surface area contributed by atoms with E-state index in [-0.39, 0.29) is 24.0 Å². The minimum absolute atomic E-state index is 0. The monoisotopic (exact) mass is 363 g/mol. The van der Waals surface area contributed by atoms with Crippen molar-refractivity contribution in [1.29, 1.82) is 0 Å². The summed E-state index contributed by atoms with van der Waals surface area (Å²) in [7, 11) is 1.98. The van der Waals surface area contributed by atoms with Gasteiger partial charge in [0.25, 0.3) is 5.82 Å². The molecular formula is C13H22IN3O. The fourth-order valence-corrected chi connectivity index (χ4v) is 1.95. The van der Waals surface area contributed by atoms with Gasteiger partial charge in [-0.2, -0.15) is 0 Å². The number of hydrogen-bond acceptors (Lipinski definition) is 2. The topological polar surface area (TPSA) is 41.4 Å². The van der Waals surface area contributed by atoms with Crippen LogP contribution in [-0.2, 0) is 20.0 Å². The van der Waals surface area contributed by atoms with Gasteiger partial charge in [-0.15, -0.1) is 6.58 Å². The van der Waals surface area contributed by atoms with E-state index in [2.05, 4.69) is 23.2 Å². The summed E-state index contributed by atoms with van der Waals surface area (Å²) in [4.78, 5) is 0. The lowest BCUT2D eigenvalue weighted by Crippen LogP contribution is -3.00. The quantitative estimate of drug-likeness (QED) is 0.127. The Bertz CT molecular complexity index is 399. The molecule has 1 aromatic heterocycles. The highest BCUT2D eigenvalue weighted by Gasteiger charge is 2.17. The zero-order valence-corrected chi connectivity index (χ0v) is 13.3. The molecule has 0 aliphatic heterocycles. The third kappa shape index (κ3) is 4.44. The molecule has 0 fully saturated rings. The van der Waals surface area contributed by atoms with Gasteiger partial charge in [0.1, 0.15) is 12.4 Å². The lowest BCUT2D eigenvalue weighted by Gasteiger charge is -2.00. The zero-order chi connectivity index (χ0) is 12.7. The van der Waals surface area contributed by atoms with E-state index in [0.29, 0.717) is 0 Å². The Morgan fingerprint density at radius 1 is 1.50 bits per heavy atom. The minimum atomic E-state index is 0. The van der Waals surface area contributed by atoms with Gasteiger partial charge in [-0.05, 0) is 12.8 Å². The van der Waals surface area contributed by atoms with Crippen LogP contribution in [0.1, 0.15) is 37.7 Å². The molecule has 0 spiro atoms. The molecule has 4 nitrogen and oxygen atoms in total. The molecule has 0 unspecified atom stereocenters. The average Bonchev–Trinajstić information content (AvgIpc) is 2.60. The Labute approximate surface area is 126 Å². The van der Waals surface area contributed by atoms with Gasteiger partial charge in [-0.1, -0.05) is 24.6 Å². The van der Waals surface area contributed by atoms with Gasteiger partial charge < -0.3 is 29.2 Å². The first-order valence-electron chi connectivity index (χ1n) is 6.11. The Morgan fingerprint density at radius 3 is 2.78 bits per heavy atom. The number of oxime groups is 1. The maximum atomic E-state index is 8.62. The van der Waals surface area contributed by atoms with Crippen LogP contribution in [0.25, 0.3) is 0 Å². The maximum absolute atomic E-state index is 8.62. The van der Waals surface area contributed by atoms with Crippen LogP contribution in [-0.4, -0.2) is 16.0 Å². The van der Waals surface area contributed by atoms with E-state index in [1.807, 2.05) is 23.9 Å². The van der Waals surface area contributed by atoms with Crippen LogP contribution in [0.2, 0.25) is 0 Å². The second-order valence-corrected chi connectivity index (χ2v) is 4.17. The van der Waals surface area contributed by atoms with Crippen LogP contribution in [0.3, 0.4) is 0 Å². The van der Waals surface area contributed by atoms with Crippen molar-refractivity contribution in [2.45, 2.75) is 39.2 Å². The molecule has 0 saturated carbocycles. The Hall–Kier alpha value is -0.850. The first-order chi connectivity index (χ1) is 8.24. The summed E-state index contributed by atoms with van der Waals surface area (Å²) in [6.45, 7) is 6.98. The van der Waals surface area contributed by atoms with E-state index in [0.717, 1.165) is 18.7 Å². The van der Waals surface area contributed by atoms with Crippen LogP contribution in [0.15, 0.2) is 24.0 Å². The minimum Gasteiger partial charge on any atom is -1.00 e. The van der Waals surface area contributed by atoms with Crippen LogP contribution >= 0.6 is 0 Å². The van der Waals surface area contributed by atoms with Crippen LogP contribution in [0.5, 0.6) is 0 Å². The highest BCUT2D eigenvalue weighted by molar-refractivity contribution is 5.74. The highest BCUT2D eigenvalue weighted by atomic mass is 127. The molecule has 102 valence electrons. The van der Waals surface area contributed by atoms with Crippen molar-refractivity contribution >= 4 is 6.21 Å². The molecule has 5 heteroatoms. The number of aromatic nitrogens is 2. The smallest absolute Gasteiger partial charge is 0.260 e. The Balaban J connectivity index is 0.00000289. The second kappa shape index (κ2) is 9.13. The molecule has 18 heavy (non-hydrogen) atoms. The molecule has 0 aliphatic rings. The van der Waals surface area contributed by atoms with Crippen molar-refractivity contribution in [2.24, 2.45) is 12.2 Å².